The Morgan fingerprint density at radius 3 is 2.75 bits per heavy atom. The SMILES string of the molecule is O=[N+]([O-])c1cnc2ccc(SCCNCc3ccnc(CSc4ncccn4)c3Cl)nn12. The fraction of sp³-hybridized carbons (Fsp3) is 0.211. The molecule has 0 aliphatic carbocycles. The third kappa shape index (κ3) is 5.51. The molecule has 10 nitrogen and oxygen atoms in total. The molecule has 4 aromatic heterocycles. The van der Waals surface area contributed by atoms with Gasteiger partial charge in [0.05, 0.1) is 10.7 Å². The number of nitro groups is 1. The van der Waals surface area contributed by atoms with E-state index in [-0.39, 0.29) is 5.82 Å². The molecule has 0 saturated carbocycles. The Morgan fingerprint density at radius 1 is 1.09 bits per heavy atom. The van der Waals surface area contributed by atoms with Crippen LogP contribution in [0.3, 0.4) is 0 Å². The summed E-state index contributed by atoms with van der Waals surface area (Å²) in [5.41, 5.74) is 2.20. The van der Waals surface area contributed by atoms with E-state index in [1.54, 1.807) is 36.8 Å². The number of hydrogen-bond acceptors (Lipinski definition) is 10. The second kappa shape index (κ2) is 10.7. The Balaban J connectivity index is 1.27. The first-order valence-electron chi connectivity index (χ1n) is 9.46. The summed E-state index contributed by atoms with van der Waals surface area (Å²) in [5.74, 6) is 1.17. The predicted octanol–water partition coefficient (Wildman–Crippen LogP) is 3.65. The summed E-state index contributed by atoms with van der Waals surface area (Å²) in [4.78, 5) is 27.3. The van der Waals surface area contributed by atoms with Crippen LogP contribution >= 0.6 is 35.1 Å². The van der Waals surface area contributed by atoms with E-state index in [1.165, 1.54) is 34.2 Å². The summed E-state index contributed by atoms with van der Waals surface area (Å²) in [6.45, 7) is 1.30. The zero-order valence-electron chi connectivity index (χ0n) is 16.6. The number of fused-ring (bicyclic) bond motifs is 1. The molecule has 0 unspecified atom stereocenters. The number of nitrogens with zero attached hydrogens (tertiary/aromatic N) is 7. The van der Waals surface area contributed by atoms with E-state index in [9.17, 15) is 10.1 Å². The van der Waals surface area contributed by atoms with Crippen LogP contribution in [0.1, 0.15) is 11.3 Å². The van der Waals surface area contributed by atoms with Crippen molar-refractivity contribution in [1.29, 1.82) is 0 Å². The lowest BCUT2D eigenvalue weighted by molar-refractivity contribution is -0.391. The molecule has 4 rings (SSSR count). The summed E-state index contributed by atoms with van der Waals surface area (Å²) in [6.07, 6.45) is 6.35. The van der Waals surface area contributed by atoms with E-state index in [1.807, 2.05) is 6.07 Å². The van der Waals surface area contributed by atoms with Crippen molar-refractivity contribution in [3.8, 4) is 0 Å². The molecule has 4 aromatic rings. The maximum Gasteiger partial charge on any atom is 0.368 e. The minimum Gasteiger partial charge on any atom is -0.358 e. The van der Waals surface area contributed by atoms with Gasteiger partial charge in [-0.3, -0.25) is 4.98 Å². The van der Waals surface area contributed by atoms with Crippen molar-refractivity contribution >= 4 is 46.6 Å². The average Bonchev–Trinajstić information content (AvgIpc) is 3.23. The van der Waals surface area contributed by atoms with Crippen LogP contribution in [0.2, 0.25) is 5.02 Å². The molecule has 13 heteroatoms. The Hall–Kier alpha value is -2.80. The van der Waals surface area contributed by atoms with Crippen molar-refractivity contribution < 1.29 is 4.92 Å². The van der Waals surface area contributed by atoms with Crippen molar-refractivity contribution in [2.45, 2.75) is 22.5 Å². The van der Waals surface area contributed by atoms with Gasteiger partial charge in [-0.1, -0.05) is 33.0 Å². The van der Waals surface area contributed by atoms with Crippen LogP contribution in [0.4, 0.5) is 5.82 Å². The zero-order valence-corrected chi connectivity index (χ0v) is 19.0. The molecule has 164 valence electrons. The number of thioether (sulfide) groups is 2. The normalized spacial score (nSPS) is 11.2. The molecule has 0 atom stereocenters. The van der Waals surface area contributed by atoms with Gasteiger partial charge in [0.25, 0.3) is 0 Å². The lowest BCUT2D eigenvalue weighted by Gasteiger charge is -2.09. The molecule has 0 fully saturated rings. The van der Waals surface area contributed by atoms with Crippen LogP contribution in [0, 0.1) is 10.1 Å². The highest BCUT2D eigenvalue weighted by Crippen LogP contribution is 2.25. The lowest BCUT2D eigenvalue weighted by Crippen LogP contribution is -2.17. The smallest absolute Gasteiger partial charge is 0.358 e. The number of pyridine rings is 1. The molecule has 0 amide bonds. The summed E-state index contributed by atoms with van der Waals surface area (Å²) < 4.78 is 1.24. The molecule has 0 radical (unpaired) electrons. The summed E-state index contributed by atoms with van der Waals surface area (Å²) in [5, 5.41) is 20.7. The van der Waals surface area contributed by atoms with Crippen molar-refractivity contribution in [3.63, 3.8) is 0 Å². The molecule has 0 aromatic carbocycles. The molecular weight excluding hydrogens is 472 g/mol. The third-order valence-corrected chi connectivity index (χ3v) is 6.54. The molecule has 0 spiro atoms. The van der Waals surface area contributed by atoms with E-state index < -0.39 is 4.92 Å². The highest BCUT2D eigenvalue weighted by atomic mass is 35.5. The van der Waals surface area contributed by atoms with Crippen molar-refractivity contribution in [2.75, 3.05) is 12.3 Å². The number of nitrogens with one attached hydrogen (secondary N) is 1. The van der Waals surface area contributed by atoms with Crippen molar-refractivity contribution in [3.05, 3.63) is 75.4 Å². The quantitative estimate of drug-likeness (QED) is 0.116. The topological polar surface area (TPSA) is 124 Å². The van der Waals surface area contributed by atoms with E-state index in [0.717, 1.165) is 17.0 Å². The summed E-state index contributed by atoms with van der Waals surface area (Å²) in [6, 6.07) is 7.18. The molecule has 0 aliphatic rings. The molecule has 4 heterocycles. The standard InChI is InChI=1S/C19H17ClN8O2S2/c20-18-13(4-7-22-14(18)12-32-19-23-5-1-6-24-19)10-21-8-9-31-16-3-2-15-25-11-17(28(29)30)27(15)26-16/h1-7,11,21H,8-10,12H2. The number of imidazole rings is 1. The van der Waals surface area contributed by atoms with Gasteiger partial charge in [-0.25, -0.2) is 15.0 Å². The first-order chi connectivity index (χ1) is 15.6. The molecular formula is C19H17ClN8O2S2. The second-order valence-corrected chi connectivity index (χ2v) is 8.83. The minimum atomic E-state index is -0.499. The Kier molecular flexibility index (Phi) is 7.47. The highest BCUT2D eigenvalue weighted by Gasteiger charge is 2.16. The predicted molar refractivity (Wildman–Crippen MR) is 123 cm³/mol. The molecule has 32 heavy (non-hydrogen) atoms. The van der Waals surface area contributed by atoms with Gasteiger partial charge < -0.3 is 15.4 Å². The molecule has 0 aliphatic heterocycles. The monoisotopic (exact) mass is 488 g/mol. The minimum absolute atomic E-state index is 0.152. The van der Waals surface area contributed by atoms with Gasteiger partial charge in [-0.15, -0.1) is 11.8 Å². The van der Waals surface area contributed by atoms with Gasteiger partial charge in [0.15, 0.2) is 5.16 Å². The Morgan fingerprint density at radius 2 is 1.94 bits per heavy atom. The van der Waals surface area contributed by atoms with Gasteiger partial charge >= 0.3 is 5.82 Å². The molecule has 1 N–H and O–H groups in total. The fourth-order valence-electron chi connectivity index (χ4n) is 2.76. The zero-order chi connectivity index (χ0) is 22.3. The van der Waals surface area contributed by atoms with Crippen LogP contribution in [0.5, 0.6) is 0 Å². The van der Waals surface area contributed by atoms with E-state index in [4.69, 9.17) is 11.6 Å². The van der Waals surface area contributed by atoms with Crippen molar-refractivity contribution in [1.82, 2.24) is 34.9 Å². The number of aromatic nitrogens is 6. The van der Waals surface area contributed by atoms with Gasteiger partial charge in [-0.05, 0) is 28.7 Å². The van der Waals surface area contributed by atoms with Crippen LogP contribution in [-0.4, -0.2) is 46.8 Å². The van der Waals surface area contributed by atoms with E-state index >= 15 is 0 Å². The fourth-order valence-corrected chi connectivity index (χ4v) is 4.60. The largest absolute Gasteiger partial charge is 0.368 e. The number of halogens is 1. The lowest BCUT2D eigenvalue weighted by atomic mass is 10.2. The van der Waals surface area contributed by atoms with Crippen LogP contribution in [0.15, 0.2) is 59.2 Å². The highest BCUT2D eigenvalue weighted by molar-refractivity contribution is 7.99. The molecule has 0 bridgehead atoms. The van der Waals surface area contributed by atoms with Crippen LogP contribution in [-0.2, 0) is 12.3 Å². The average molecular weight is 489 g/mol. The summed E-state index contributed by atoms with van der Waals surface area (Å²) >= 11 is 9.51. The third-order valence-electron chi connectivity index (χ3n) is 4.27. The Bertz CT molecular complexity index is 1220. The van der Waals surface area contributed by atoms with Crippen molar-refractivity contribution in [2.24, 2.45) is 0 Å². The van der Waals surface area contributed by atoms with Crippen LogP contribution < -0.4 is 5.32 Å². The maximum absolute atomic E-state index is 11.1. The Labute approximate surface area is 196 Å². The molecule has 0 saturated heterocycles. The maximum atomic E-state index is 11.1. The van der Waals surface area contributed by atoms with Crippen LogP contribution in [0.25, 0.3) is 5.65 Å². The second-order valence-electron chi connectivity index (χ2n) is 6.39. The first-order valence-corrected chi connectivity index (χ1v) is 11.8. The van der Waals surface area contributed by atoms with Gasteiger partial charge in [-0.2, -0.15) is 0 Å². The van der Waals surface area contributed by atoms with Gasteiger partial charge in [0.1, 0.15) is 11.2 Å². The van der Waals surface area contributed by atoms with Gasteiger partial charge in [0.2, 0.25) is 5.65 Å². The van der Waals surface area contributed by atoms with E-state index in [0.29, 0.717) is 39.7 Å². The van der Waals surface area contributed by atoms with Gasteiger partial charge in [0, 0.05) is 49.3 Å². The first kappa shape index (κ1) is 22.4. The number of hydrogen-bond donors (Lipinski definition) is 1. The number of rotatable bonds is 10. The van der Waals surface area contributed by atoms with E-state index in [2.05, 4.69) is 30.4 Å². The summed E-state index contributed by atoms with van der Waals surface area (Å²) in [7, 11) is 0.